The van der Waals surface area contributed by atoms with E-state index in [1.54, 1.807) is 7.11 Å². The smallest absolute Gasteiger partial charge is 0.122 e. The van der Waals surface area contributed by atoms with Crippen LogP contribution in [0.4, 0.5) is 0 Å². The third-order valence-corrected chi connectivity index (χ3v) is 4.52. The Morgan fingerprint density at radius 3 is 2.76 bits per heavy atom. The highest BCUT2D eigenvalue weighted by molar-refractivity contribution is 9.09. The molecule has 0 amide bonds. The van der Waals surface area contributed by atoms with Crippen LogP contribution >= 0.6 is 15.9 Å². The van der Waals surface area contributed by atoms with Crippen LogP contribution in [-0.4, -0.2) is 11.9 Å². The number of benzene rings is 1. The van der Waals surface area contributed by atoms with Crippen molar-refractivity contribution in [1.29, 1.82) is 0 Å². The van der Waals surface area contributed by atoms with Crippen molar-refractivity contribution in [3.8, 4) is 5.75 Å². The van der Waals surface area contributed by atoms with E-state index < -0.39 is 0 Å². The largest absolute Gasteiger partial charge is 0.496 e. The van der Waals surface area contributed by atoms with E-state index in [-0.39, 0.29) is 0 Å². The monoisotopic (exact) mass is 296 g/mol. The average Bonchev–Trinajstić information content (AvgIpc) is 2.54. The van der Waals surface area contributed by atoms with E-state index in [0.29, 0.717) is 10.7 Å². The van der Waals surface area contributed by atoms with Crippen molar-refractivity contribution in [3.05, 3.63) is 29.3 Å². The van der Waals surface area contributed by atoms with Crippen LogP contribution < -0.4 is 4.74 Å². The number of hydrogen-bond donors (Lipinski definition) is 0. The van der Waals surface area contributed by atoms with Crippen molar-refractivity contribution in [1.82, 2.24) is 0 Å². The molecule has 0 saturated heterocycles. The Labute approximate surface area is 113 Å². The van der Waals surface area contributed by atoms with Gasteiger partial charge in [-0.3, -0.25) is 0 Å². The molecule has 0 aliphatic heterocycles. The molecule has 94 valence electrons. The van der Waals surface area contributed by atoms with Crippen molar-refractivity contribution < 1.29 is 4.74 Å². The molecule has 1 aliphatic rings. The maximum absolute atomic E-state index is 5.51. The molecule has 0 spiro atoms. The number of alkyl halides is 1. The van der Waals surface area contributed by atoms with Gasteiger partial charge in [-0.1, -0.05) is 46.5 Å². The summed E-state index contributed by atoms with van der Waals surface area (Å²) in [5, 5.41) is 0. The molecular weight excluding hydrogens is 276 g/mol. The highest BCUT2D eigenvalue weighted by Crippen LogP contribution is 2.38. The van der Waals surface area contributed by atoms with Crippen molar-refractivity contribution in [2.24, 2.45) is 0 Å². The Morgan fingerprint density at radius 2 is 2.00 bits per heavy atom. The van der Waals surface area contributed by atoms with Gasteiger partial charge in [0.15, 0.2) is 0 Å². The van der Waals surface area contributed by atoms with Crippen molar-refractivity contribution in [3.63, 3.8) is 0 Å². The fraction of sp³-hybridized carbons (Fsp3) is 0.600. The number of aryl methyl sites for hydroxylation is 1. The van der Waals surface area contributed by atoms with E-state index in [0.717, 1.165) is 5.75 Å². The van der Waals surface area contributed by atoms with E-state index in [9.17, 15) is 0 Å². The molecule has 1 aliphatic carbocycles. The van der Waals surface area contributed by atoms with E-state index in [4.69, 9.17) is 4.74 Å². The average molecular weight is 297 g/mol. The number of hydrogen-bond acceptors (Lipinski definition) is 1. The zero-order valence-corrected chi connectivity index (χ0v) is 12.3. The predicted octanol–water partition coefficient (Wildman–Crippen LogP) is 4.81. The lowest BCUT2D eigenvalue weighted by molar-refractivity contribution is 0.402. The first-order chi connectivity index (χ1) is 8.20. The second kappa shape index (κ2) is 5.90. The second-order valence-corrected chi connectivity index (χ2v) is 6.35. The summed E-state index contributed by atoms with van der Waals surface area (Å²) in [6.45, 7) is 2.16. The van der Waals surface area contributed by atoms with Gasteiger partial charge in [0.25, 0.3) is 0 Å². The van der Waals surface area contributed by atoms with Crippen LogP contribution in [0.1, 0.15) is 49.1 Å². The molecule has 1 aromatic carbocycles. The van der Waals surface area contributed by atoms with Crippen molar-refractivity contribution >= 4 is 15.9 Å². The zero-order valence-electron chi connectivity index (χ0n) is 10.7. The van der Waals surface area contributed by atoms with E-state index >= 15 is 0 Å². The highest BCUT2D eigenvalue weighted by Gasteiger charge is 2.22. The van der Waals surface area contributed by atoms with Crippen LogP contribution in [0.5, 0.6) is 5.75 Å². The van der Waals surface area contributed by atoms with Gasteiger partial charge in [-0.15, -0.1) is 0 Å². The third kappa shape index (κ3) is 3.25. The van der Waals surface area contributed by atoms with Crippen LogP contribution in [0, 0.1) is 6.92 Å². The Morgan fingerprint density at radius 1 is 1.24 bits per heavy atom. The molecule has 2 heteroatoms. The van der Waals surface area contributed by atoms with E-state index in [1.807, 2.05) is 0 Å². The molecule has 0 heterocycles. The van der Waals surface area contributed by atoms with Gasteiger partial charge < -0.3 is 4.74 Å². The standard InChI is InChI=1S/C15H21BrO/c1-11-7-8-15(17-2)14(9-11)12-5-3-4-6-13(16)10-12/h7-9,12-13H,3-6,10H2,1-2H3. The summed E-state index contributed by atoms with van der Waals surface area (Å²) in [5.41, 5.74) is 2.73. The van der Waals surface area contributed by atoms with Crippen LogP contribution in [-0.2, 0) is 0 Å². The third-order valence-electron chi connectivity index (χ3n) is 3.69. The number of methoxy groups -OCH3 is 1. The summed E-state index contributed by atoms with van der Waals surface area (Å²) >= 11 is 3.80. The zero-order chi connectivity index (χ0) is 12.3. The first-order valence-electron chi connectivity index (χ1n) is 6.49. The number of rotatable bonds is 2. The first-order valence-corrected chi connectivity index (χ1v) is 7.41. The van der Waals surface area contributed by atoms with Crippen molar-refractivity contribution in [2.45, 2.75) is 49.8 Å². The van der Waals surface area contributed by atoms with Crippen molar-refractivity contribution in [2.75, 3.05) is 7.11 Å². The van der Waals surface area contributed by atoms with Gasteiger partial charge in [-0.05, 0) is 43.7 Å². The summed E-state index contributed by atoms with van der Waals surface area (Å²) in [6, 6.07) is 6.54. The Balaban J connectivity index is 2.27. The SMILES string of the molecule is COc1ccc(C)cc1C1CCCCC(Br)C1. The minimum absolute atomic E-state index is 0.650. The summed E-state index contributed by atoms with van der Waals surface area (Å²) in [7, 11) is 1.77. The number of halogens is 1. The van der Waals surface area contributed by atoms with E-state index in [1.165, 1.54) is 43.2 Å². The Bertz CT molecular complexity index is 375. The summed E-state index contributed by atoms with van der Waals surface area (Å²) in [4.78, 5) is 0.667. The van der Waals surface area contributed by atoms with E-state index in [2.05, 4.69) is 41.1 Å². The normalized spacial score (nSPS) is 25.4. The van der Waals surface area contributed by atoms with Gasteiger partial charge in [0, 0.05) is 4.83 Å². The van der Waals surface area contributed by atoms with Gasteiger partial charge in [-0.25, -0.2) is 0 Å². The summed E-state index contributed by atoms with van der Waals surface area (Å²) in [6.07, 6.45) is 6.52. The molecular formula is C15H21BrO. The second-order valence-electron chi connectivity index (χ2n) is 5.06. The summed E-state index contributed by atoms with van der Waals surface area (Å²) < 4.78 is 5.51. The molecule has 0 bridgehead atoms. The molecule has 1 saturated carbocycles. The number of ether oxygens (including phenoxy) is 1. The molecule has 2 atom stereocenters. The predicted molar refractivity (Wildman–Crippen MR) is 76.3 cm³/mol. The fourth-order valence-electron chi connectivity index (χ4n) is 2.76. The van der Waals surface area contributed by atoms with Crippen LogP contribution in [0.25, 0.3) is 0 Å². The molecule has 2 unspecified atom stereocenters. The molecule has 1 fully saturated rings. The Hall–Kier alpha value is -0.500. The molecule has 0 N–H and O–H groups in total. The minimum atomic E-state index is 0.650. The highest BCUT2D eigenvalue weighted by atomic mass is 79.9. The van der Waals surface area contributed by atoms with Crippen LogP contribution in [0.2, 0.25) is 0 Å². The lowest BCUT2D eigenvalue weighted by Crippen LogP contribution is -2.06. The lowest BCUT2D eigenvalue weighted by atomic mass is 9.90. The topological polar surface area (TPSA) is 9.23 Å². The minimum Gasteiger partial charge on any atom is -0.496 e. The van der Waals surface area contributed by atoms with Crippen LogP contribution in [0.15, 0.2) is 18.2 Å². The first kappa shape index (κ1) is 12.9. The van der Waals surface area contributed by atoms with Gasteiger partial charge in [0.05, 0.1) is 7.11 Å². The fourth-order valence-corrected chi connectivity index (χ4v) is 3.53. The lowest BCUT2D eigenvalue weighted by Gasteiger charge is -2.20. The maximum atomic E-state index is 5.51. The summed E-state index contributed by atoms with van der Waals surface area (Å²) in [5.74, 6) is 1.71. The van der Waals surface area contributed by atoms with Gasteiger partial charge >= 0.3 is 0 Å². The molecule has 17 heavy (non-hydrogen) atoms. The molecule has 0 aromatic heterocycles. The molecule has 2 rings (SSSR count). The van der Waals surface area contributed by atoms with Gasteiger partial charge in [-0.2, -0.15) is 0 Å². The molecule has 1 nitrogen and oxygen atoms in total. The van der Waals surface area contributed by atoms with Crippen LogP contribution in [0.3, 0.4) is 0 Å². The van der Waals surface area contributed by atoms with Gasteiger partial charge in [0.2, 0.25) is 0 Å². The quantitative estimate of drug-likeness (QED) is 0.562. The van der Waals surface area contributed by atoms with Gasteiger partial charge in [0.1, 0.15) is 5.75 Å². The Kier molecular flexibility index (Phi) is 4.49. The molecule has 1 aromatic rings. The molecule has 0 radical (unpaired) electrons. The maximum Gasteiger partial charge on any atom is 0.122 e.